The Morgan fingerprint density at radius 1 is 1.08 bits per heavy atom. The van der Waals surface area contributed by atoms with E-state index in [4.69, 9.17) is 4.43 Å². The number of hydrogen-bond acceptors (Lipinski definition) is 3. The minimum atomic E-state index is -4.38. The van der Waals surface area contributed by atoms with Gasteiger partial charge in [0.05, 0.1) is 11.6 Å². The zero-order valence-electron chi connectivity index (χ0n) is 22.6. The van der Waals surface area contributed by atoms with Crippen LogP contribution in [-0.4, -0.2) is 40.1 Å². The van der Waals surface area contributed by atoms with Gasteiger partial charge in [-0.05, 0) is 78.7 Å². The summed E-state index contributed by atoms with van der Waals surface area (Å²) in [6.45, 7) is 11.7. The number of alkyl halides is 3. The first-order valence-corrected chi connectivity index (χ1v) is 15.8. The van der Waals surface area contributed by atoms with Crippen LogP contribution in [0.1, 0.15) is 49.4 Å². The third kappa shape index (κ3) is 6.14. The molecule has 2 unspecified atom stereocenters. The van der Waals surface area contributed by atoms with E-state index in [1.165, 1.54) is 17.7 Å². The lowest BCUT2D eigenvalue weighted by Crippen LogP contribution is -2.48. The van der Waals surface area contributed by atoms with Gasteiger partial charge in [-0.25, -0.2) is 4.79 Å². The van der Waals surface area contributed by atoms with Gasteiger partial charge in [0.15, 0.2) is 8.32 Å². The first-order chi connectivity index (χ1) is 17.1. The van der Waals surface area contributed by atoms with Crippen molar-refractivity contribution in [3.8, 4) is 0 Å². The van der Waals surface area contributed by atoms with Crippen LogP contribution in [0.15, 0.2) is 36.4 Å². The van der Waals surface area contributed by atoms with Crippen molar-refractivity contribution in [2.24, 2.45) is 0 Å². The molecule has 0 saturated carbocycles. The van der Waals surface area contributed by atoms with Crippen molar-refractivity contribution in [1.82, 2.24) is 5.32 Å². The Labute approximate surface area is 218 Å². The van der Waals surface area contributed by atoms with E-state index in [2.05, 4.69) is 50.6 Å². The maximum absolute atomic E-state index is 13.1. The molecule has 2 atom stereocenters. The SMILES string of the molecule is CN1CC(NC(=O)Nc2cccc3c2CC(O[Si](C)(C)C(C)(C)C)CC3)Cc2ccc(C(F)(F)F)cc21. The summed E-state index contributed by atoms with van der Waals surface area (Å²) in [6, 6.07) is 9.27. The number of carbonyl (C=O) groups excluding carboxylic acids is 1. The molecule has 1 aliphatic carbocycles. The fourth-order valence-electron chi connectivity index (χ4n) is 5.03. The number of rotatable bonds is 4. The van der Waals surface area contributed by atoms with E-state index in [1.54, 1.807) is 11.9 Å². The number of aryl methyl sites for hydroxylation is 1. The van der Waals surface area contributed by atoms with Crippen molar-refractivity contribution in [1.29, 1.82) is 0 Å². The van der Waals surface area contributed by atoms with Gasteiger partial charge in [0.1, 0.15) is 0 Å². The second-order valence-electron chi connectivity index (χ2n) is 11.9. The smallest absolute Gasteiger partial charge is 0.414 e. The molecular formula is C28H38F3N3O2Si. The number of hydrogen-bond donors (Lipinski definition) is 2. The lowest BCUT2D eigenvalue weighted by Gasteiger charge is -2.40. The molecule has 2 aromatic rings. The summed E-state index contributed by atoms with van der Waals surface area (Å²) in [5, 5.41) is 6.19. The van der Waals surface area contributed by atoms with Crippen LogP contribution >= 0.6 is 0 Å². The predicted molar refractivity (Wildman–Crippen MR) is 145 cm³/mol. The Balaban J connectivity index is 1.42. The maximum Gasteiger partial charge on any atom is 0.416 e. The van der Waals surface area contributed by atoms with E-state index in [9.17, 15) is 18.0 Å². The van der Waals surface area contributed by atoms with Gasteiger partial charge in [0.2, 0.25) is 0 Å². The predicted octanol–water partition coefficient (Wildman–Crippen LogP) is 6.77. The normalized spacial score (nSPS) is 20.2. The minimum absolute atomic E-state index is 0.129. The highest BCUT2D eigenvalue weighted by atomic mass is 28.4. The molecule has 1 aliphatic heterocycles. The zero-order chi connectivity index (χ0) is 27.2. The van der Waals surface area contributed by atoms with Gasteiger partial charge in [0.25, 0.3) is 0 Å². The molecule has 2 amide bonds. The minimum Gasteiger partial charge on any atom is -0.414 e. The number of amides is 2. The van der Waals surface area contributed by atoms with Crippen molar-refractivity contribution < 1.29 is 22.4 Å². The molecule has 37 heavy (non-hydrogen) atoms. The van der Waals surface area contributed by atoms with Gasteiger partial charge in [-0.15, -0.1) is 0 Å². The summed E-state index contributed by atoms with van der Waals surface area (Å²) in [4.78, 5) is 14.8. The average molecular weight is 534 g/mol. The Bertz CT molecular complexity index is 1160. The third-order valence-electron chi connectivity index (χ3n) is 8.08. The molecule has 2 N–H and O–H groups in total. The van der Waals surface area contributed by atoms with Crippen LogP contribution in [0.25, 0.3) is 0 Å². The topological polar surface area (TPSA) is 53.6 Å². The number of anilines is 2. The second kappa shape index (κ2) is 9.98. The standard InChI is InChI=1S/C28H38F3N3O2Si/c1-27(2,3)37(5,6)36-22-13-11-18-8-7-9-24(23(18)16-22)33-26(35)32-21-14-19-10-12-20(28(29,30)31)15-25(19)34(4)17-21/h7-10,12,15,21-22H,11,13-14,16-17H2,1-6H3,(H2,32,33,35). The molecule has 0 spiro atoms. The summed E-state index contributed by atoms with van der Waals surface area (Å²) in [5.74, 6) is 0. The highest BCUT2D eigenvalue weighted by Gasteiger charge is 2.40. The monoisotopic (exact) mass is 533 g/mol. The quantitative estimate of drug-likeness (QED) is 0.427. The van der Waals surface area contributed by atoms with Gasteiger partial charge in [-0.1, -0.05) is 39.0 Å². The Morgan fingerprint density at radius 2 is 1.81 bits per heavy atom. The van der Waals surface area contributed by atoms with E-state index in [0.29, 0.717) is 18.7 Å². The molecule has 0 aromatic heterocycles. The first-order valence-electron chi connectivity index (χ1n) is 12.9. The van der Waals surface area contributed by atoms with E-state index < -0.39 is 20.1 Å². The Kier molecular flexibility index (Phi) is 7.42. The molecule has 2 aliphatic rings. The van der Waals surface area contributed by atoms with Crippen molar-refractivity contribution >= 4 is 25.7 Å². The van der Waals surface area contributed by atoms with Gasteiger partial charge < -0.3 is 20.0 Å². The molecule has 9 heteroatoms. The van der Waals surface area contributed by atoms with Gasteiger partial charge in [0, 0.05) is 31.1 Å². The van der Waals surface area contributed by atoms with E-state index >= 15 is 0 Å². The van der Waals surface area contributed by atoms with Crippen LogP contribution in [0.3, 0.4) is 0 Å². The van der Waals surface area contributed by atoms with Crippen LogP contribution in [0.4, 0.5) is 29.3 Å². The molecular weight excluding hydrogens is 495 g/mol. The molecule has 202 valence electrons. The van der Waals surface area contributed by atoms with Crippen LogP contribution in [0, 0.1) is 0 Å². The molecule has 0 radical (unpaired) electrons. The highest BCUT2D eigenvalue weighted by Crippen LogP contribution is 2.40. The largest absolute Gasteiger partial charge is 0.416 e. The van der Waals surface area contributed by atoms with Crippen molar-refractivity contribution in [2.75, 3.05) is 23.8 Å². The van der Waals surface area contributed by atoms with E-state index in [0.717, 1.165) is 42.1 Å². The van der Waals surface area contributed by atoms with Crippen molar-refractivity contribution in [2.45, 2.75) is 82.9 Å². The summed E-state index contributed by atoms with van der Waals surface area (Å²) < 4.78 is 46.1. The number of nitrogens with zero attached hydrogens (tertiary/aromatic N) is 1. The molecule has 1 heterocycles. The molecule has 2 aromatic carbocycles. The summed E-state index contributed by atoms with van der Waals surface area (Å²) in [6.07, 6.45) is -1.13. The number of carbonyl (C=O) groups is 1. The van der Waals surface area contributed by atoms with E-state index in [1.807, 2.05) is 12.1 Å². The maximum atomic E-state index is 13.1. The number of fused-ring (bicyclic) bond motifs is 2. The number of likely N-dealkylation sites (N-methyl/N-ethyl adjacent to an activating group) is 1. The van der Waals surface area contributed by atoms with Gasteiger partial charge in [-0.2, -0.15) is 13.2 Å². The molecule has 0 saturated heterocycles. The van der Waals surface area contributed by atoms with Gasteiger partial charge in [-0.3, -0.25) is 0 Å². The highest BCUT2D eigenvalue weighted by molar-refractivity contribution is 6.74. The second-order valence-corrected chi connectivity index (χ2v) is 16.7. The lowest BCUT2D eigenvalue weighted by molar-refractivity contribution is -0.137. The number of nitrogens with one attached hydrogen (secondary N) is 2. The van der Waals surface area contributed by atoms with E-state index in [-0.39, 0.29) is 23.2 Å². The summed E-state index contributed by atoms with van der Waals surface area (Å²) in [7, 11) is -0.158. The summed E-state index contributed by atoms with van der Waals surface area (Å²) in [5.41, 5.74) is 3.83. The van der Waals surface area contributed by atoms with Crippen LogP contribution in [-0.2, 0) is 29.9 Å². The molecule has 0 fully saturated rings. The van der Waals surface area contributed by atoms with Crippen LogP contribution in [0.5, 0.6) is 0 Å². The summed E-state index contributed by atoms with van der Waals surface area (Å²) >= 11 is 0. The Hall–Kier alpha value is -2.52. The molecule has 4 rings (SSSR count). The van der Waals surface area contributed by atoms with Crippen molar-refractivity contribution in [3.63, 3.8) is 0 Å². The average Bonchev–Trinajstić information content (AvgIpc) is 2.77. The Morgan fingerprint density at radius 3 is 2.49 bits per heavy atom. The van der Waals surface area contributed by atoms with Crippen molar-refractivity contribution in [3.05, 3.63) is 58.7 Å². The fraction of sp³-hybridized carbons (Fsp3) is 0.536. The number of benzene rings is 2. The fourth-order valence-corrected chi connectivity index (χ4v) is 6.42. The first kappa shape index (κ1) is 27.5. The van der Waals surface area contributed by atoms with Crippen LogP contribution in [0.2, 0.25) is 18.1 Å². The number of urea groups is 1. The number of halogens is 3. The lowest BCUT2D eigenvalue weighted by atomic mass is 9.88. The zero-order valence-corrected chi connectivity index (χ0v) is 23.6. The molecule has 0 bridgehead atoms. The third-order valence-corrected chi connectivity index (χ3v) is 12.6. The molecule has 5 nitrogen and oxygen atoms in total. The van der Waals surface area contributed by atoms with Crippen LogP contribution < -0.4 is 15.5 Å². The van der Waals surface area contributed by atoms with Gasteiger partial charge >= 0.3 is 12.2 Å².